The smallest absolute Gasteiger partial charge is 0.252 e. The zero-order valence-corrected chi connectivity index (χ0v) is 33.2. The molecule has 10 atom stereocenters. The fourth-order valence-electron chi connectivity index (χ4n) is 10.9. The number of hydrogen-bond donors (Lipinski definition) is 7. The van der Waals surface area contributed by atoms with Crippen LogP contribution in [0.5, 0.6) is 17.2 Å². The molecule has 5 heterocycles. The van der Waals surface area contributed by atoms with Crippen LogP contribution in [0.3, 0.4) is 0 Å². The minimum atomic E-state index is -1.08. The maximum absolute atomic E-state index is 13.2. The third kappa shape index (κ3) is 6.61. The van der Waals surface area contributed by atoms with Gasteiger partial charge in [-0.25, -0.2) is 0 Å². The molecule has 3 aliphatic carbocycles. The number of benzene rings is 2. The quantitative estimate of drug-likeness (QED) is 0.168. The Hall–Kier alpha value is -5.14. The number of nitrogens with zero attached hydrogens (tertiary/aromatic N) is 1. The van der Waals surface area contributed by atoms with Gasteiger partial charge in [0.15, 0.2) is 11.5 Å². The second-order valence-corrected chi connectivity index (χ2v) is 17.8. The summed E-state index contributed by atoms with van der Waals surface area (Å²) in [5, 5.41) is 48.1. The largest absolute Gasteiger partial charge is 0.508 e. The molecule has 8 N–H and O–H groups in total. The number of nitrogens with two attached hydrogens (primary N) is 1. The van der Waals surface area contributed by atoms with Gasteiger partial charge in [-0.3, -0.25) is 14.7 Å². The molecule has 0 aromatic heterocycles. The lowest BCUT2D eigenvalue weighted by Gasteiger charge is -2.37. The lowest BCUT2D eigenvalue weighted by atomic mass is 9.70. The van der Waals surface area contributed by atoms with Gasteiger partial charge in [0, 0.05) is 43.1 Å². The van der Waals surface area contributed by atoms with Crippen LogP contribution in [-0.2, 0) is 11.2 Å². The average molecular weight is 796 g/mol. The second kappa shape index (κ2) is 14.8. The van der Waals surface area contributed by atoms with E-state index < -0.39 is 41.8 Å². The number of ether oxygens (including phenoxy) is 2. The van der Waals surface area contributed by atoms with Crippen molar-refractivity contribution in [1.82, 2.24) is 5.32 Å². The Morgan fingerprint density at radius 1 is 1.14 bits per heavy atom. The number of quaternary nitrogens is 1. The molecule has 2 aromatic carbocycles. The molecule has 11 nitrogen and oxygen atoms in total. The van der Waals surface area contributed by atoms with Gasteiger partial charge < -0.3 is 41.0 Å². The summed E-state index contributed by atoms with van der Waals surface area (Å²) in [7, 11) is 0. The topological polar surface area (TPSA) is 171 Å². The van der Waals surface area contributed by atoms with E-state index in [4.69, 9.17) is 20.2 Å². The van der Waals surface area contributed by atoms with Crippen LogP contribution in [-0.4, -0.2) is 56.9 Å². The molecular weight excluding hydrogens is 745 g/mol. The normalized spacial score (nSPS) is 31.9. The summed E-state index contributed by atoms with van der Waals surface area (Å²) in [5.74, 6) is 10.1. The summed E-state index contributed by atoms with van der Waals surface area (Å²) in [5.41, 5.74) is 14.9. The number of aliphatic imine (C=N–C) groups is 1. The number of aliphatic hydroxyl groups excluding tert-OH is 3. The molecule has 0 saturated heterocycles. The number of allylic oxidation sites excluding steroid dienone is 3. The van der Waals surface area contributed by atoms with Crippen LogP contribution in [0.1, 0.15) is 111 Å². The Morgan fingerprint density at radius 3 is 2.80 bits per heavy atom. The predicted molar refractivity (Wildman–Crippen MR) is 220 cm³/mol. The van der Waals surface area contributed by atoms with Crippen molar-refractivity contribution in [3.05, 3.63) is 94.0 Å². The standard InChI is InChI=1S/C48H50N4O7/c1-26-4-8-31(40(56)18-26)41(57)20-29(53)7-5-27-19-43-42(21-39(27)55)58-17-16-48(14-2-3-15-48)36-12-13-38(54)32-10-11-33-44-28(22-51-46(33)49)6-9-30(45(32)44)34-23-50-37-25-52(24-35(34)37)47(36)59-43/h4,8,10-11,19,21-24,26,30-31,36,38,40-41,46-47,51,54-57H,2-3,5-7,9,14-15,18,20,25,49H2,1H3/p+1. The average Bonchev–Trinajstić information content (AvgIpc) is 3.96. The molecule has 2 bridgehead atoms. The SMILES string of the molecule is CC1C=CC(C(O)CC(=O)CCc2cc3c(cc2O)OC#CC2(CCCC2)C2C#CC(O)c4ccc5c6c4C(CCC6=CNC5N)C4=CN=C5C[NH+](C=C45)C2O3)C(O)C1. The van der Waals surface area contributed by atoms with Crippen LogP contribution in [0.2, 0.25) is 0 Å². The van der Waals surface area contributed by atoms with Gasteiger partial charge in [0.2, 0.25) is 0 Å². The van der Waals surface area contributed by atoms with E-state index in [1.165, 1.54) is 11.6 Å². The lowest BCUT2D eigenvalue weighted by Crippen LogP contribution is -3.13. The van der Waals surface area contributed by atoms with E-state index in [2.05, 4.69) is 35.4 Å². The number of phenolic OH excluding ortho intramolecular Hbond substituents is 1. The molecular formula is C48H51N4O7+. The molecule has 10 unspecified atom stereocenters. The molecule has 1 fully saturated rings. The fourth-order valence-corrected chi connectivity index (χ4v) is 10.9. The Morgan fingerprint density at radius 2 is 1.97 bits per heavy atom. The summed E-state index contributed by atoms with van der Waals surface area (Å²) in [6, 6.07) is 7.24. The summed E-state index contributed by atoms with van der Waals surface area (Å²) < 4.78 is 13.2. The van der Waals surface area contributed by atoms with Crippen molar-refractivity contribution >= 4 is 17.1 Å². The number of rotatable bonds is 6. The van der Waals surface area contributed by atoms with Crippen molar-refractivity contribution in [2.24, 2.45) is 33.9 Å². The number of aliphatic hydroxyl groups is 3. The van der Waals surface area contributed by atoms with Crippen LogP contribution in [0.4, 0.5) is 0 Å². The van der Waals surface area contributed by atoms with Crippen molar-refractivity contribution in [2.75, 3.05) is 6.54 Å². The molecule has 59 heavy (non-hydrogen) atoms. The van der Waals surface area contributed by atoms with Crippen LogP contribution >= 0.6 is 0 Å². The molecule has 1 saturated carbocycles. The van der Waals surface area contributed by atoms with Gasteiger partial charge in [0.05, 0.1) is 23.2 Å². The first-order valence-electron chi connectivity index (χ1n) is 21.3. The molecule has 0 radical (unpaired) electrons. The van der Waals surface area contributed by atoms with E-state index in [-0.39, 0.29) is 54.5 Å². The Kier molecular flexibility index (Phi) is 9.58. The fraction of sp³-hybridized carbons (Fsp3) is 0.458. The zero-order chi connectivity index (χ0) is 40.6. The first-order chi connectivity index (χ1) is 28.6. The first kappa shape index (κ1) is 38.1. The molecule has 11 heteroatoms. The predicted octanol–water partition coefficient (Wildman–Crippen LogP) is 4.10. The van der Waals surface area contributed by atoms with E-state index in [1.54, 1.807) is 6.07 Å². The van der Waals surface area contributed by atoms with E-state index >= 15 is 0 Å². The molecule has 5 aliphatic heterocycles. The third-order valence-corrected chi connectivity index (χ3v) is 14.1. The highest BCUT2D eigenvalue weighted by atomic mass is 16.5. The number of aromatic hydroxyl groups is 1. The monoisotopic (exact) mass is 795 g/mol. The second-order valence-electron chi connectivity index (χ2n) is 17.8. The Balaban J connectivity index is 1.02. The van der Waals surface area contributed by atoms with Crippen molar-refractivity contribution in [2.45, 2.75) is 108 Å². The van der Waals surface area contributed by atoms with Gasteiger partial charge in [-0.1, -0.05) is 61.8 Å². The van der Waals surface area contributed by atoms with Crippen molar-refractivity contribution < 1.29 is 39.6 Å². The number of nitrogens with one attached hydrogen (secondary N) is 2. The van der Waals surface area contributed by atoms with Crippen LogP contribution < -0.4 is 25.4 Å². The summed E-state index contributed by atoms with van der Waals surface area (Å²) in [4.78, 5) is 19.2. The minimum absolute atomic E-state index is 0.00852. The molecule has 304 valence electrons. The molecule has 0 amide bonds. The van der Waals surface area contributed by atoms with Crippen LogP contribution in [0.25, 0.3) is 5.57 Å². The first-order valence-corrected chi connectivity index (χ1v) is 21.3. The van der Waals surface area contributed by atoms with Crippen molar-refractivity contribution in [3.8, 4) is 41.1 Å². The van der Waals surface area contributed by atoms with Crippen LogP contribution in [0.15, 0.2) is 71.2 Å². The summed E-state index contributed by atoms with van der Waals surface area (Å²) in [6.07, 6.45) is 15.3. The van der Waals surface area contributed by atoms with Gasteiger partial charge in [-0.15, -0.1) is 0 Å². The van der Waals surface area contributed by atoms with Gasteiger partial charge in [-0.2, -0.15) is 0 Å². The maximum atomic E-state index is 13.2. The van der Waals surface area contributed by atoms with Gasteiger partial charge in [0.25, 0.3) is 6.23 Å². The van der Waals surface area contributed by atoms with E-state index in [9.17, 15) is 25.2 Å². The zero-order valence-electron chi connectivity index (χ0n) is 33.2. The highest BCUT2D eigenvalue weighted by Crippen LogP contribution is 2.52. The number of aryl methyl sites for hydroxylation is 1. The number of phenols is 1. The van der Waals surface area contributed by atoms with Gasteiger partial charge in [0.1, 0.15) is 54.3 Å². The number of Topliss-reactive ketones (excluding diaryl/α,β-unsaturated/α-hetero) is 1. The van der Waals surface area contributed by atoms with Gasteiger partial charge in [-0.05, 0) is 89.5 Å². The van der Waals surface area contributed by atoms with E-state index in [0.29, 0.717) is 24.3 Å². The lowest BCUT2D eigenvalue weighted by molar-refractivity contribution is -0.888. The van der Waals surface area contributed by atoms with E-state index in [0.717, 1.165) is 82.5 Å². The molecule has 10 rings (SSSR count). The molecule has 1 spiro atoms. The Bertz CT molecular complexity index is 2400. The maximum Gasteiger partial charge on any atom is 0.252 e. The minimum Gasteiger partial charge on any atom is -0.508 e. The van der Waals surface area contributed by atoms with Crippen LogP contribution in [0, 0.1) is 47.0 Å². The van der Waals surface area contributed by atoms with E-state index in [1.807, 2.05) is 43.6 Å². The summed E-state index contributed by atoms with van der Waals surface area (Å²) >= 11 is 0. The highest BCUT2D eigenvalue weighted by molar-refractivity contribution is 6.08. The highest BCUT2D eigenvalue weighted by Gasteiger charge is 2.52. The number of hydrogen-bond acceptors (Lipinski definition) is 10. The molecule has 8 aliphatic rings. The van der Waals surface area contributed by atoms with Gasteiger partial charge >= 0.3 is 0 Å². The number of carbonyl (C=O) groups excluding carboxylic acids is 1. The number of ketones is 1. The summed E-state index contributed by atoms with van der Waals surface area (Å²) in [6.45, 7) is 2.58. The Labute approximate surface area is 344 Å². The van der Waals surface area contributed by atoms with Crippen molar-refractivity contribution in [1.29, 1.82) is 0 Å². The number of fused-ring (bicyclic) bond motifs is 6. The molecule has 2 aromatic rings. The third-order valence-electron chi connectivity index (χ3n) is 14.1. The number of carbonyl (C=O) groups is 1. The van der Waals surface area contributed by atoms with Crippen molar-refractivity contribution in [3.63, 3.8) is 0 Å².